The molecule has 2 N–H and O–H groups in total. The highest BCUT2D eigenvalue weighted by Crippen LogP contribution is 2.24. The highest BCUT2D eigenvalue weighted by molar-refractivity contribution is 5.80. The smallest absolute Gasteiger partial charge is 0.0845 e. The number of hydrogen-bond donors (Lipinski definition) is 2. The number of piperidine rings is 1. The van der Waals surface area contributed by atoms with Crippen molar-refractivity contribution < 1.29 is 0 Å². The van der Waals surface area contributed by atoms with Crippen molar-refractivity contribution in [2.45, 2.75) is 53.4 Å². The van der Waals surface area contributed by atoms with Crippen LogP contribution in [0.25, 0.3) is 11.3 Å². The minimum absolute atomic E-state index is 0.604. The van der Waals surface area contributed by atoms with Crippen LogP contribution in [0.2, 0.25) is 0 Å². The van der Waals surface area contributed by atoms with Crippen LogP contribution >= 0.6 is 0 Å². The molecule has 0 spiro atoms. The van der Waals surface area contributed by atoms with Crippen molar-refractivity contribution in [2.24, 2.45) is 11.8 Å². The molecule has 0 aliphatic carbocycles. The summed E-state index contributed by atoms with van der Waals surface area (Å²) in [6, 6.07) is 6.47. The molecular weight excluding hydrogens is 444 g/mol. The highest BCUT2D eigenvalue weighted by Gasteiger charge is 2.17. The van der Waals surface area contributed by atoms with Gasteiger partial charge in [-0.15, -0.1) is 0 Å². The SMILES string of the molecule is C=C(Nc1cn[nH]c1C(=C)C)c1cncc(CC(C)C)c1.Cc1ccc(CC2CCN(C)CC2)nc1. The fourth-order valence-corrected chi connectivity index (χ4v) is 4.36. The molecule has 1 aliphatic heterocycles. The summed E-state index contributed by atoms with van der Waals surface area (Å²) in [5, 5.41) is 10.3. The third-order valence-electron chi connectivity index (χ3n) is 6.45. The van der Waals surface area contributed by atoms with Gasteiger partial charge in [0.2, 0.25) is 0 Å². The largest absolute Gasteiger partial charge is 0.352 e. The van der Waals surface area contributed by atoms with Crippen LogP contribution < -0.4 is 5.32 Å². The van der Waals surface area contributed by atoms with Gasteiger partial charge in [-0.2, -0.15) is 5.10 Å². The van der Waals surface area contributed by atoms with Gasteiger partial charge in [0.15, 0.2) is 0 Å². The van der Waals surface area contributed by atoms with Gasteiger partial charge in [0, 0.05) is 35.5 Å². The fraction of sp³-hybridized carbons (Fsp3) is 0.433. The quantitative estimate of drug-likeness (QED) is 0.386. The number of aromatic amines is 1. The third-order valence-corrected chi connectivity index (χ3v) is 6.45. The Morgan fingerprint density at radius 1 is 1.14 bits per heavy atom. The van der Waals surface area contributed by atoms with E-state index in [9.17, 15) is 0 Å². The van der Waals surface area contributed by atoms with Gasteiger partial charge >= 0.3 is 0 Å². The number of anilines is 1. The number of H-pyrrole nitrogens is 1. The lowest BCUT2D eigenvalue weighted by molar-refractivity contribution is 0.218. The molecule has 6 heteroatoms. The Labute approximate surface area is 217 Å². The highest BCUT2D eigenvalue weighted by atomic mass is 15.1. The first kappa shape index (κ1) is 27.3. The number of aryl methyl sites for hydroxylation is 1. The first-order chi connectivity index (χ1) is 17.2. The molecule has 3 aromatic heterocycles. The zero-order chi connectivity index (χ0) is 26.1. The topological polar surface area (TPSA) is 69.7 Å². The number of aromatic nitrogens is 4. The standard InChI is InChI=1S/C17H22N4.C13H20N2/c1-11(2)6-14-7-15(9-18-8-14)13(5)20-16-10-19-21-17(16)12(3)4;1-11-3-4-13(14-10-11)9-12-5-7-15(2)8-6-12/h7-11,20H,3,5-6H2,1-2,4H3,(H,19,21);3-4,10,12H,5-9H2,1-2H3. The van der Waals surface area contributed by atoms with Crippen molar-refractivity contribution in [3.05, 3.63) is 84.2 Å². The molecular formula is C30H42N6. The Morgan fingerprint density at radius 2 is 1.89 bits per heavy atom. The van der Waals surface area contributed by atoms with Crippen LogP contribution in [0, 0.1) is 18.8 Å². The van der Waals surface area contributed by atoms with Gasteiger partial charge < -0.3 is 10.2 Å². The molecule has 3 aromatic rings. The maximum Gasteiger partial charge on any atom is 0.0845 e. The zero-order valence-electron chi connectivity index (χ0n) is 22.6. The molecule has 0 radical (unpaired) electrons. The molecule has 6 nitrogen and oxygen atoms in total. The van der Waals surface area contributed by atoms with Crippen molar-refractivity contribution >= 4 is 17.0 Å². The Bertz CT molecular complexity index is 1120. The lowest BCUT2D eigenvalue weighted by atomic mass is 9.92. The van der Waals surface area contributed by atoms with Crippen molar-refractivity contribution in [3.63, 3.8) is 0 Å². The van der Waals surface area contributed by atoms with Crippen LogP contribution in [0.1, 0.15) is 61.7 Å². The van der Waals surface area contributed by atoms with Gasteiger partial charge in [0.1, 0.15) is 0 Å². The third kappa shape index (κ3) is 8.45. The van der Waals surface area contributed by atoms with Gasteiger partial charge in [-0.3, -0.25) is 15.1 Å². The van der Waals surface area contributed by atoms with E-state index >= 15 is 0 Å². The van der Waals surface area contributed by atoms with E-state index in [2.05, 4.69) is 89.6 Å². The molecule has 4 heterocycles. The minimum atomic E-state index is 0.604. The van der Waals surface area contributed by atoms with Crippen LogP contribution in [0.15, 0.2) is 56.1 Å². The molecule has 36 heavy (non-hydrogen) atoms. The van der Waals surface area contributed by atoms with E-state index in [-0.39, 0.29) is 0 Å². The summed E-state index contributed by atoms with van der Waals surface area (Å²) in [7, 11) is 2.21. The molecule has 1 fully saturated rings. The maximum absolute atomic E-state index is 4.48. The summed E-state index contributed by atoms with van der Waals surface area (Å²) in [5.41, 5.74) is 8.22. The Balaban J connectivity index is 0.000000212. The molecule has 0 unspecified atom stereocenters. The summed E-state index contributed by atoms with van der Waals surface area (Å²) >= 11 is 0. The Kier molecular flexibility index (Phi) is 10.00. The summed E-state index contributed by atoms with van der Waals surface area (Å²) in [6.45, 7) is 18.9. The van der Waals surface area contributed by atoms with E-state index in [0.29, 0.717) is 5.92 Å². The van der Waals surface area contributed by atoms with Crippen molar-refractivity contribution in [1.82, 2.24) is 25.1 Å². The minimum Gasteiger partial charge on any atom is -0.352 e. The lowest BCUT2D eigenvalue weighted by Crippen LogP contribution is -2.31. The van der Waals surface area contributed by atoms with Crippen LogP contribution in [0.3, 0.4) is 0 Å². The van der Waals surface area contributed by atoms with E-state index in [1.54, 1.807) is 6.20 Å². The number of rotatable bonds is 8. The average Bonchev–Trinajstić information content (AvgIpc) is 3.31. The number of nitrogens with zero attached hydrogens (tertiary/aromatic N) is 4. The molecule has 0 atom stereocenters. The second kappa shape index (κ2) is 13.2. The predicted octanol–water partition coefficient (Wildman–Crippen LogP) is 6.39. The van der Waals surface area contributed by atoms with Crippen molar-refractivity contribution in [2.75, 3.05) is 25.5 Å². The summed E-state index contributed by atoms with van der Waals surface area (Å²) in [5.74, 6) is 1.45. The van der Waals surface area contributed by atoms with E-state index in [0.717, 1.165) is 47.0 Å². The first-order valence-corrected chi connectivity index (χ1v) is 12.9. The van der Waals surface area contributed by atoms with Crippen LogP contribution in [-0.2, 0) is 12.8 Å². The number of allylic oxidation sites excluding steroid dienone is 1. The van der Waals surface area contributed by atoms with E-state index in [1.165, 1.54) is 42.8 Å². The van der Waals surface area contributed by atoms with Crippen molar-refractivity contribution in [3.8, 4) is 0 Å². The molecule has 0 amide bonds. The van der Waals surface area contributed by atoms with Gasteiger partial charge in [0.25, 0.3) is 0 Å². The number of nitrogens with one attached hydrogen (secondary N) is 2. The van der Waals surface area contributed by atoms with Gasteiger partial charge in [-0.1, -0.05) is 33.1 Å². The lowest BCUT2D eigenvalue weighted by Gasteiger charge is -2.28. The molecule has 1 saturated heterocycles. The van der Waals surface area contributed by atoms with E-state index < -0.39 is 0 Å². The second-order valence-electron chi connectivity index (χ2n) is 10.5. The van der Waals surface area contributed by atoms with Gasteiger partial charge in [0.05, 0.1) is 17.6 Å². The molecule has 1 aliphatic rings. The van der Waals surface area contributed by atoms with Crippen LogP contribution in [0.5, 0.6) is 0 Å². The number of hydrogen-bond acceptors (Lipinski definition) is 5. The molecule has 0 bridgehead atoms. The second-order valence-corrected chi connectivity index (χ2v) is 10.5. The number of pyridine rings is 2. The van der Waals surface area contributed by atoms with Gasteiger partial charge in [-0.25, -0.2) is 0 Å². The van der Waals surface area contributed by atoms with Crippen molar-refractivity contribution in [1.29, 1.82) is 0 Å². The summed E-state index contributed by atoms with van der Waals surface area (Å²) < 4.78 is 0. The summed E-state index contributed by atoms with van der Waals surface area (Å²) in [4.78, 5) is 11.2. The molecule has 192 valence electrons. The number of likely N-dealkylation sites (tertiary alicyclic amines) is 1. The molecule has 4 rings (SSSR count). The monoisotopic (exact) mass is 486 g/mol. The van der Waals surface area contributed by atoms with Crippen LogP contribution in [-0.4, -0.2) is 45.2 Å². The fourth-order valence-electron chi connectivity index (χ4n) is 4.36. The first-order valence-electron chi connectivity index (χ1n) is 12.9. The Morgan fingerprint density at radius 3 is 2.53 bits per heavy atom. The molecule has 0 aromatic carbocycles. The normalized spacial score (nSPS) is 14.3. The van der Waals surface area contributed by atoms with Gasteiger partial charge in [-0.05, 0) is 100 Å². The van der Waals surface area contributed by atoms with E-state index in [4.69, 9.17) is 0 Å². The average molecular weight is 487 g/mol. The molecule has 0 saturated carbocycles. The summed E-state index contributed by atoms with van der Waals surface area (Å²) in [6.07, 6.45) is 12.3. The zero-order valence-corrected chi connectivity index (χ0v) is 22.6. The van der Waals surface area contributed by atoms with Crippen LogP contribution in [0.4, 0.5) is 5.69 Å². The maximum atomic E-state index is 4.48. The predicted molar refractivity (Wildman–Crippen MR) is 152 cm³/mol. The van der Waals surface area contributed by atoms with E-state index in [1.807, 2.05) is 25.5 Å². The Hall–Kier alpha value is -3.25.